The van der Waals surface area contributed by atoms with Gasteiger partial charge in [-0.15, -0.1) is 24.0 Å². The number of likely N-dealkylation sites (tertiary alicyclic amines) is 2. The van der Waals surface area contributed by atoms with Crippen molar-refractivity contribution < 1.29 is 13.2 Å². The number of hydrogen-bond acceptors (Lipinski definition) is 3. The molecule has 0 aliphatic carbocycles. The van der Waals surface area contributed by atoms with Crippen molar-refractivity contribution in [2.45, 2.75) is 51.6 Å². The van der Waals surface area contributed by atoms with E-state index in [2.05, 4.69) is 27.4 Å². The Bertz CT molecular complexity index is 434. The molecule has 166 valence electrons. The SMILES string of the molecule is CCNC(=NCCC1CCN(CC(F)(F)F)CC1)NCCN1CCCCC1.I. The second-order valence-corrected chi connectivity index (χ2v) is 7.71. The average molecular weight is 519 g/mol. The molecule has 0 radical (unpaired) electrons. The third-order valence-corrected chi connectivity index (χ3v) is 5.43. The molecule has 2 saturated heterocycles. The lowest BCUT2D eigenvalue weighted by Crippen LogP contribution is -2.43. The van der Waals surface area contributed by atoms with Gasteiger partial charge >= 0.3 is 6.18 Å². The van der Waals surface area contributed by atoms with Gasteiger partial charge < -0.3 is 15.5 Å². The molecule has 0 aromatic heterocycles. The highest BCUT2D eigenvalue weighted by atomic mass is 127. The maximum Gasteiger partial charge on any atom is 0.401 e. The lowest BCUT2D eigenvalue weighted by Gasteiger charge is -2.32. The van der Waals surface area contributed by atoms with Gasteiger partial charge in [0.05, 0.1) is 6.54 Å². The van der Waals surface area contributed by atoms with Crippen molar-refractivity contribution in [2.75, 3.05) is 58.9 Å². The Morgan fingerprint density at radius 3 is 2.29 bits per heavy atom. The predicted octanol–water partition coefficient (Wildman–Crippen LogP) is 3.31. The smallest absolute Gasteiger partial charge is 0.357 e. The van der Waals surface area contributed by atoms with Crippen molar-refractivity contribution in [2.24, 2.45) is 10.9 Å². The monoisotopic (exact) mass is 519 g/mol. The zero-order valence-corrected chi connectivity index (χ0v) is 19.4. The van der Waals surface area contributed by atoms with Crippen LogP contribution < -0.4 is 10.6 Å². The first kappa shape index (κ1) is 25.7. The van der Waals surface area contributed by atoms with Gasteiger partial charge in [-0.2, -0.15) is 13.2 Å². The molecular weight excluding hydrogens is 482 g/mol. The first-order chi connectivity index (χ1) is 13.0. The largest absolute Gasteiger partial charge is 0.401 e. The number of piperidine rings is 2. The van der Waals surface area contributed by atoms with Crippen LogP contribution in [0.25, 0.3) is 0 Å². The Morgan fingerprint density at radius 1 is 1.00 bits per heavy atom. The summed E-state index contributed by atoms with van der Waals surface area (Å²) in [7, 11) is 0. The van der Waals surface area contributed by atoms with Crippen molar-refractivity contribution in [3.63, 3.8) is 0 Å². The molecule has 0 unspecified atom stereocenters. The van der Waals surface area contributed by atoms with E-state index in [1.165, 1.54) is 37.3 Å². The van der Waals surface area contributed by atoms with Gasteiger partial charge in [-0.25, -0.2) is 0 Å². The number of guanidine groups is 1. The Balaban J connectivity index is 0.00000392. The fraction of sp³-hybridized carbons (Fsp3) is 0.947. The van der Waals surface area contributed by atoms with Gasteiger partial charge in [0, 0.05) is 26.2 Å². The zero-order valence-electron chi connectivity index (χ0n) is 17.1. The minimum Gasteiger partial charge on any atom is -0.357 e. The minimum absolute atomic E-state index is 0. The predicted molar refractivity (Wildman–Crippen MR) is 120 cm³/mol. The van der Waals surface area contributed by atoms with Gasteiger partial charge in [-0.05, 0) is 71.1 Å². The fourth-order valence-electron chi connectivity index (χ4n) is 3.90. The van der Waals surface area contributed by atoms with Crippen LogP contribution in [0.15, 0.2) is 4.99 Å². The summed E-state index contributed by atoms with van der Waals surface area (Å²) in [5.41, 5.74) is 0. The van der Waals surface area contributed by atoms with E-state index in [1.54, 1.807) is 0 Å². The van der Waals surface area contributed by atoms with Gasteiger partial charge in [-0.3, -0.25) is 9.89 Å². The number of nitrogens with zero attached hydrogens (tertiary/aromatic N) is 3. The van der Waals surface area contributed by atoms with Crippen molar-refractivity contribution >= 4 is 29.9 Å². The van der Waals surface area contributed by atoms with Crippen LogP contribution in [0, 0.1) is 5.92 Å². The van der Waals surface area contributed by atoms with Crippen LogP contribution in [-0.4, -0.2) is 80.8 Å². The van der Waals surface area contributed by atoms with E-state index in [9.17, 15) is 13.2 Å². The highest BCUT2D eigenvalue weighted by molar-refractivity contribution is 14.0. The number of rotatable bonds is 8. The Morgan fingerprint density at radius 2 is 1.68 bits per heavy atom. The van der Waals surface area contributed by atoms with Crippen LogP contribution in [0.2, 0.25) is 0 Å². The van der Waals surface area contributed by atoms with Crippen LogP contribution in [0.1, 0.15) is 45.4 Å². The van der Waals surface area contributed by atoms with E-state index in [4.69, 9.17) is 0 Å². The molecule has 5 nitrogen and oxygen atoms in total. The highest BCUT2D eigenvalue weighted by Crippen LogP contribution is 2.24. The van der Waals surface area contributed by atoms with Gasteiger partial charge in [-0.1, -0.05) is 6.42 Å². The maximum absolute atomic E-state index is 12.4. The van der Waals surface area contributed by atoms with E-state index >= 15 is 0 Å². The van der Waals surface area contributed by atoms with Gasteiger partial charge in [0.15, 0.2) is 5.96 Å². The fourth-order valence-corrected chi connectivity index (χ4v) is 3.90. The summed E-state index contributed by atoms with van der Waals surface area (Å²) >= 11 is 0. The Labute approximate surface area is 184 Å². The van der Waals surface area contributed by atoms with Crippen LogP contribution >= 0.6 is 24.0 Å². The summed E-state index contributed by atoms with van der Waals surface area (Å²) in [6.07, 6.45) is 2.49. The summed E-state index contributed by atoms with van der Waals surface area (Å²) in [5.74, 6) is 1.33. The molecule has 28 heavy (non-hydrogen) atoms. The molecule has 0 aromatic rings. The summed E-state index contributed by atoms with van der Waals surface area (Å²) in [6, 6.07) is 0. The van der Waals surface area contributed by atoms with Crippen molar-refractivity contribution in [1.82, 2.24) is 20.4 Å². The van der Waals surface area contributed by atoms with Crippen LogP contribution in [-0.2, 0) is 0 Å². The van der Waals surface area contributed by atoms with Crippen LogP contribution in [0.4, 0.5) is 13.2 Å². The average Bonchev–Trinajstić information content (AvgIpc) is 2.63. The summed E-state index contributed by atoms with van der Waals surface area (Å²) in [5, 5.41) is 6.68. The summed E-state index contributed by atoms with van der Waals surface area (Å²) in [4.78, 5) is 8.67. The molecule has 0 spiro atoms. The molecule has 0 bridgehead atoms. The van der Waals surface area contributed by atoms with E-state index in [0.717, 1.165) is 51.4 Å². The molecule has 0 atom stereocenters. The van der Waals surface area contributed by atoms with E-state index < -0.39 is 12.7 Å². The molecule has 2 rings (SSSR count). The topological polar surface area (TPSA) is 42.9 Å². The summed E-state index contributed by atoms with van der Waals surface area (Å²) < 4.78 is 37.3. The third-order valence-electron chi connectivity index (χ3n) is 5.43. The van der Waals surface area contributed by atoms with Gasteiger partial charge in [0.25, 0.3) is 0 Å². The molecule has 0 aromatic carbocycles. The van der Waals surface area contributed by atoms with Crippen molar-refractivity contribution in [3.05, 3.63) is 0 Å². The normalized spacial score (nSPS) is 20.6. The Hall–Kier alpha value is -0.290. The quantitative estimate of drug-likeness (QED) is 0.294. The molecule has 2 aliphatic heterocycles. The second kappa shape index (κ2) is 13.8. The lowest BCUT2D eigenvalue weighted by molar-refractivity contribution is -0.148. The van der Waals surface area contributed by atoms with Crippen LogP contribution in [0.5, 0.6) is 0 Å². The Kier molecular flexibility index (Phi) is 12.7. The first-order valence-corrected chi connectivity index (χ1v) is 10.5. The van der Waals surface area contributed by atoms with Crippen molar-refractivity contribution in [3.8, 4) is 0 Å². The first-order valence-electron chi connectivity index (χ1n) is 10.5. The maximum atomic E-state index is 12.4. The van der Waals surface area contributed by atoms with Gasteiger partial charge in [0.1, 0.15) is 0 Å². The highest BCUT2D eigenvalue weighted by Gasteiger charge is 2.32. The molecule has 0 saturated carbocycles. The summed E-state index contributed by atoms with van der Waals surface area (Å²) in [6.45, 7) is 8.24. The minimum atomic E-state index is -4.09. The number of alkyl halides is 3. The number of halogens is 4. The van der Waals surface area contributed by atoms with Crippen LogP contribution in [0.3, 0.4) is 0 Å². The molecular formula is C19H37F3IN5. The number of nitrogens with one attached hydrogen (secondary N) is 2. The molecule has 2 fully saturated rings. The molecule has 2 heterocycles. The van der Waals surface area contributed by atoms with E-state index in [-0.39, 0.29) is 24.0 Å². The van der Waals surface area contributed by atoms with E-state index in [0.29, 0.717) is 19.0 Å². The molecule has 9 heteroatoms. The number of hydrogen-bond donors (Lipinski definition) is 2. The number of aliphatic imine (C=N–C) groups is 1. The zero-order chi connectivity index (χ0) is 19.5. The molecule has 2 aliphatic rings. The van der Waals surface area contributed by atoms with Gasteiger partial charge in [0.2, 0.25) is 0 Å². The van der Waals surface area contributed by atoms with Crippen molar-refractivity contribution in [1.29, 1.82) is 0 Å². The molecule has 0 amide bonds. The van der Waals surface area contributed by atoms with E-state index in [1.807, 2.05) is 0 Å². The lowest BCUT2D eigenvalue weighted by atomic mass is 9.93. The standard InChI is InChI=1S/C19H36F3N5.HI/c1-2-23-18(25-10-15-26-11-4-3-5-12-26)24-9-6-17-7-13-27(14-8-17)16-19(20,21)22;/h17H,2-16H2,1H3,(H2,23,24,25);1H. The second-order valence-electron chi connectivity index (χ2n) is 7.71. The third kappa shape index (κ3) is 11.0. The molecule has 2 N–H and O–H groups in total.